The van der Waals surface area contributed by atoms with Crippen LogP contribution in [0, 0.1) is 23.2 Å². The van der Waals surface area contributed by atoms with Crippen molar-refractivity contribution in [3.63, 3.8) is 0 Å². The van der Waals surface area contributed by atoms with E-state index in [0.29, 0.717) is 0 Å². The Morgan fingerprint density at radius 2 is 1.55 bits per heavy atom. The van der Waals surface area contributed by atoms with E-state index in [-0.39, 0.29) is 5.41 Å². The second-order valence-electron chi connectivity index (χ2n) is 7.29. The largest absolute Gasteiger partial charge is 0.411 e. The van der Waals surface area contributed by atoms with Crippen molar-refractivity contribution in [3.8, 4) is 0 Å². The Morgan fingerprint density at radius 3 is 2.05 bits per heavy atom. The minimum Gasteiger partial charge on any atom is -0.411 e. The van der Waals surface area contributed by atoms with Gasteiger partial charge >= 0.3 is 0 Å². The van der Waals surface area contributed by atoms with Gasteiger partial charge in [-0.05, 0) is 56.3 Å². The minimum atomic E-state index is 0.201. The summed E-state index contributed by atoms with van der Waals surface area (Å²) in [7, 11) is 0. The first-order chi connectivity index (χ1) is 9.77. The number of pyridine rings is 1. The summed E-state index contributed by atoms with van der Waals surface area (Å²) in [5.41, 5.74) is 1.22. The van der Waals surface area contributed by atoms with Gasteiger partial charge in [0.1, 0.15) is 5.71 Å². The van der Waals surface area contributed by atoms with Crippen molar-refractivity contribution >= 4 is 5.71 Å². The summed E-state index contributed by atoms with van der Waals surface area (Å²) in [4.78, 5) is 0. The lowest BCUT2D eigenvalue weighted by molar-refractivity contribution is -0.682. The lowest BCUT2D eigenvalue weighted by Gasteiger charge is -2.56. The molecule has 1 aromatic heterocycles. The Kier molecular flexibility index (Phi) is 2.83. The highest BCUT2D eigenvalue weighted by molar-refractivity contribution is 5.89. The molecule has 0 amide bonds. The molecule has 3 heteroatoms. The quantitative estimate of drug-likeness (QED) is 0.390. The molecule has 1 N–H and O–H groups in total. The van der Waals surface area contributed by atoms with Gasteiger partial charge in [0.05, 0.1) is 0 Å². The molecule has 0 saturated heterocycles. The first-order valence-electron chi connectivity index (χ1n) is 7.93. The molecule has 0 radical (unpaired) electrons. The van der Waals surface area contributed by atoms with Crippen LogP contribution in [0.1, 0.15) is 38.5 Å². The van der Waals surface area contributed by atoms with Crippen molar-refractivity contribution in [1.29, 1.82) is 0 Å². The van der Waals surface area contributed by atoms with Crippen LogP contribution in [0.25, 0.3) is 0 Å². The van der Waals surface area contributed by atoms with E-state index in [1.807, 2.05) is 18.2 Å². The van der Waals surface area contributed by atoms with E-state index in [1.54, 1.807) is 0 Å². The third-order valence-electron chi connectivity index (χ3n) is 5.88. The van der Waals surface area contributed by atoms with E-state index in [0.717, 1.165) is 30.0 Å². The van der Waals surface area contributed by atoms with Crippen LogP contribution in [0.4, 0.5) is 0 Å². The van der Waals surface area contributed by atoms with Gasteiger partial charge in [-0.15, -0.1) is 0 Å². The number of aromatic nitrogens is 1. The summed E-state index contributed by atoms with van der Waals surface area (Å²) in [5, 5.41) is 13.4. The van der Waals surface area contributed by atoms with Crippen molar-refractivity contribution in [2.24, 2.45) is 28.3 Å². The standard InChI is InChI=1S/C17H22N2O/c20-18-16(12-19-4-2-1-3-5-19)17-9-13-6-14(10-17)8-15(7-13)11-17/h1-5,13-15H,6-12H2/p+1. The molecule has 4 fully saturated rings. The SMILES string of the molecule is ON=C(C[n+]1ccccc1)C12CC3CC(CC(C3)C1)C2. The second kappa shape index (κ2) is 4.57. The van der Waals surface area contributed by atoms with Crippen LogP contribution < -0.4 is 4.57 Å². The molecule has 4 aliphatic carbocycles. The molecule has 4 bridgehead atoms. The second-order valence-corrected chi connectivity index (χ2v) is 7.29. The molecule has 0 unspecified atom stereocenters. The Hall–Kier alpha value is -1.38. The Morgan fingerprint density at radius 1 is 1.00 bits per heavy atom. The number of nitrogens with zero attached hydrogens (tertiary/aromatic N) is 2. The average Bonchev–Trinajstić information content (AvgIpc) is 2.44. The molecule has 0 aliphatic heterocycles. The zero-order chi connectivity index (χ0) is 13.6. The van der Waals surface area contributed by atoms with E-state index >= 15 is 0 Å². The van der Waals surface area contributed by atoms with E-state index in [9.17, 15) is 5.21 Å². The number of hydrogen-bond acceptors (Lipinski definition) is 2. The van der Waals surface area contributed by atoms with Crippen LogP contribution in [-0.4, -0.2) is 10.9 Å². The van der Waals surface area contributed by atoms with Crippen LogP contribution in [0.5, 0.6) is 0 Å². The molecule has 1 aromatic rings. The molecule has 0 spiro atoms. The normalized spacial score (nSPS) is 39.2. The van der Waals surface area contributed by atoms with E-state index in [1.165, 1.54) is 38.5 Å². The van der Waals surface area contributed by atoms with Gasteiger partial charge in [0.15, 0.2) is 18.9 Å². The summed E-state index contributed by atoms with van der Waals surface area (Å²) < 4.78 is 2.13. The molecule has 4 saturated carbocycles. The minimum absolute atomic E-state index is 0.201. The first kappa shape index (κ1) is 12.4. The molecular formula is C17H23N2O+. The molecule has 5 rings (SSSR count). The third-order valence-corrected chi connectivity index (χ3v) is 5.88. The lowest BCUT2D eigenvalue weighted by Crippen LogP contribution is -2.53. The van der Waals surface area contributed by atoms with Gasteiger partial charge in [0.25, 0.3) is 0 Å². The maximum atomic E-state index is 9.62. The highest BCUT2D eigenvalue weighted by atomic mass is 16.4. The molecule has 0 aromatic carbocycles. The van der Waals surface area contributed by atoms with Crippen LogP contribution in [0.3, 0.4) is 0 Å². The van der Waals surface area contributed by atoms with Crippen LogP contribution in [0.15, 0.2) is 35.7 Å². The Balaban J connectivity index is 1.62. The van der Waals surface area contributed by atoms with Gasteiger partial charge in [0.2, 0.25) is 0 Å². The first-order valence-corrected chi connectivity index (χ1v) is 7.93. The zero-order valence-corrected chi connectivity index (χ0v) is 11.9. The van der Waals surface area contributed by atoms with E-state index < -0.39 is 0 Å². The highest BCUT2D eigenvalue weighted by Gasteiger charge is 2.54. The molecule has 106 valence electrons. The van der Waals surface area contributed by atoms with Gasteiger partial charge in [-0.25, -0.2) is 0 Å². The predicted molar refractivity (Wildman–Crippen MR) is 76.5 cm³/mol. The topological polar surface area (TPSA) is 36.5 Å². The number of hydrogen-bond donors (Lipinski definition) is 1. The van der Waals surface area contributed by atoms with Gasteiger partial charge in [-0.1, -0.05) is 11.2 Å². The molecule has 4 aliphatic rings. The van der Waals surface area contributed by atoms with Gasteiger partial charge in [0, 0.05) is 17.5 Å². The van der Waals surface area contributed by atoms with Crippen molar-refractivity contribution in [1.82, 2.24) is 0 Å². The van der Waals surface area contributed by atoms with E-state index in [4.69, 9.17) is 0 Å². The summed E-state index contributed by atoms with van der Waals surface area (Å²) in [6, 6.07) is 6.10. The van der Waals surface area contributed by atoms with Crippen LogP contribution in [-0.2, 0) is 6.54 Å². The highest BCUT2D eigenvalue weighted by Crippen LogP contribution is 2.60. The van der Waals surface area contributed by atoms with Gasteiger partial charge in [-0.2, -0.15) is 4.57 Å². The summed E-state index contributed by atoms with van der Waals surface area (Å²) in [6.07, 6.45) is 12.2. The average molecular weight is 271 g/mol. The summed E-state index contributed by atoms with van der Waals surface area (Å²) >= 11 is 0. The molecule has 3 nitrogen and oxygen atoms in total. The number of oxime groups is 1. The number of rotatable bonds is 3. The smallest absolute Gasteiger partial charge is 0.190 e. The summed E-state index contributed by atoms with van der Waals surface area (Å²) in [6.45, 7) is 0.740. The Labute approximate surface area is 120 Å². The third kappa shape index (κ3) is 1.95. The molecule has 20 heavy (non-hydrogen) atoms. The van der Waals surface area contributed by atoms with Gasteiger partial charge < -0.3 is 5.21 Å². The fourth-order valence-electron chi connectivity index (χ4n) is 5.48. The molecule has 0 atom stereocenters. The zero-order valence-electron chi connectivity index (χ0n) is 11.9. The summed E-state index contributed by atoms with van der Waals surface area (Å²) in [5.74, 6) is 2.66. The fraction of sp³-hybridized carbons (Fsp3) is 0.647. The molecule has 1 heterocycles. The lowest BCUT2D eigenvalue weighted by atomic mass is 9.48. The maximum Gasteiger partial charge on any atom is 0.190 e. The van der Waals surface area contributed by atoms with Crippen molar-refractivity contribution in [3.05, 3.63) is 30.6 Å². The van der Waals surface area contributed by atoms with E-state index in [2.05, 4.69) is 22.1 Å². The van der Waals surface area contributed by atoms with Gasteiger partial charge in [-0.3, -0.25) is 0 Å². The Bertz CT molecular complexity index is 488. The molecular weight excluding hydrogens is 248 g/mol. The van der Waals surface area contributed by atoms with Crippen molar-refractivity contribution < 1.29 is 9.77 Å². The van der Waals surface area contributed by atoms with Crippen molar-refractivity contribution in [2.75, 3.05) is 0 Å². The fourth-order valence-corrected chi connectivity index (χ4v) is 5.48. The van der Waals surface area contributed by atoms with Crippen molar-refractivity contribution in [2.45, 2.75) is 45.1 Å². The maximum absolute atomic E-state index is 9.62. The predicted octanol–water partition coefficient (Wildman–Crippen LogP) is 3.02. The van der Waals surface area contributed by atoms with Crippen LogP contribution >= 0.6 is 0 Å². The monoisotopic (exact) mass is 271 g/mol. The van der Waals surface area contributed by atoms with Crippen LogP contribution in [0.2, 0.25) is 0 Å².